The van der Waals surface area contributed by atoms with Crippen molar-refractivity contribution in [2.24, 2.45) is 11.1 Å². The molecule has 2 aromatic rings. The summed E-state index contributed by atoms with van der Waals surface area (Å²) < 4.78 is 36.5. The summed E-state index contributed by atoms with van der Waals surface area (Å²) >= 11 is 0. The SMILES string of the molecule is Cc1ccc(S(N)(=O)=O)cc1C(=O)N1CCCC(CNC(=O)Nc2cccc(F)c2)C1. The van der Waals surface area contributed by atoms with Crippen LogP contribution in [0.1, 0.15) is 28.8 Å². The topological polar surface area (TPSA) is 122 Å². The number of halogens is 1. The third-order valence-corrected chi connectivity index (χ3v) is 6.12. The van der Waals surface area contributed by atoms with Gasteiger partial charge in [-0.1, -0.05) is 12.1 Å². The van der Waals surface area contributed by atoms with E-state index in [1.165, 1.54) is 30.3 Å². The summed E-state index contributed by atoms with van der Waals surface area (Å²) in [6, 6.07) is 9.39. The van der Waals surface area contributed by atoms with E-state index in [0.717, 1.165) is 12.8 Å². The fraction of sp³-hybridized carbons (Fsp3) is 0.333. The fourth-order valence-electron chi connectivity index (χ4n) is 3.57. The number of carbonyl (C=O) groups excluding carboxylic acids is 2. The number of hydrogen-bond acceptors (Lipinski definition) is 4. The summed E-state index contributed by atoms with van der Waals surface area (Å²) in [6.07, 6.45) is 1.59. The Morgan fingerprint density at radius 3 is 2.71 bits per heavy atom. The Balaban J connectivity index is 1.60. The van der Waals surface area contributed by atoms with Crippen molar-refractivity contribution in [1.82, 2.24) is 10.2 Å². The lowest BCUT2D eigenvalue weighted by atomic mass is 9.96. The third kappa shape index (κ3) is 6.02. The number of likely N-dealkylation sites (tertiary alicyclic amines) is 1. The van der Waals surface area contributed by atoms with Crippen LogP contribution in [0, 0.1) is 18.7 Å². The molecule has 0 bridgehead atoms. The number of amides is 3. The number of nitrogens with zero attached hydrogens (tertiary/aromatic N) is 1. The molecule has 31 heavy (non-hydrogen) atoms. The van der Waals surface area contributed by atoms with Crippen molar-refractivity contribution in [3.63, 3.8) is 0 Å². The zero-order valence-corrected chi connectivity index (χ0v) is 17.9. The lowest BCUT2D eigenvalue weighted by molar-refractivity contribution is 0.0674. The monoisotopic (exact) mass is 448 g/mol. The van der Waals surface area contributed by atoms with E-state index in [2.05, 4.69) is 10.6 Å². The van der Waals surface area contributed by atoms with Gasteiger partial charge in [0.1, 0.15) is 5.82 Å². The minimum absolute atomic E-state index is 0.0395. The molecule has 1 aliphatic heterocycles. The van der Waals surface area contributed by atoms with Crippen LogP contribution in [0.2, 0.25) is 0 Å². The molecule has 1 unspecified atom stereocenters. The van der Waals surface area contributed by atoms with E-state index in [0.29, 0.717) is 36.4 Å². The largest absolute Gasteiger partial charge is 0.338 e. The van der Waals surface area contributed by atoms with Gasteiger partial charge in [0.2, 0.25) is 10.0 Å². The molecule has 1 atom stereocenters. The lowest BCUT2D eigenvalue weighted by Crippen LogP contribution is -2.44. The molecule has 0 aromatic heterocycles. The number of rotatable bonds is 5. The maximum Gasteiger partial charge on any atom is 0.319 e. The number of urea groups is 1. The zero-order valence-electron chi connectivity index (χ0n) is 17.1. The predicted molar refractivity (Wildman–Crippen MR) is 115 cm³/mol. The summed E-state index contributed by atoms with van der Waals surface area (Å²) in [5.74, 6) is -0.671. The Labute approximate surface area is 180 Å². The number of nitrogens with two attached hydrogens (primary N) is 1. The van der Waals surface area contributed by atoms with Crippen molar-refractivity contribution in [2.45, 2.75) is 24.7 Å². The molecule has 1 heterocycles. The molecular weight excluding hydrogens is 423 g/mol. The van der Waals surface area contributed by atoms with Crippen LogP contribution in [0.4, 0.5) is 14.9 Å². The molecule has 1 saturated heterocycles. The van der Waals surface area contributed by atoms with Gasteiger partial charge in [0.15, 0.2) is 0 Å². The first kappa shape index (κ1) is 22.7. The van der Waals surface area contributed by atoms with E-state index in [-0.39, 0.29) is 16.7 Å². The average Bonchev–Trinajstić information content (AvgIpc) is 2.71. The quantitative estimate of drug-likeness (QED) is 0.650. The Kier molecular flexibility index (Phi) is 6.91. The summed E-state index contributed by atoms with van der Waals surface area (Å²) in [6.45, 7) is 3.06. The molecule has 0 radical (unpaired) electrons. The first-order chi connectivity index (χ1) is 14.6. The maximum absolute atomic E-state index is 13.2. The van der Waals surface area contributed by atoms with Crippen molar-refractivity contribution >= 4 is 27.6 Å². The predicted octanol–water partition coefficient (Wildman–Crippen LogP) is 2.46. The van der Waals surface area contributed by atoms with E-state index < -0.39 is 21.9 Å². The van der Waals surface area contributed by atoms with E-state index >= 15 is 0 Å². The standard InChI is InChI=1S/C21H25FN4O4S/c1-14-7-8-18(31(23,29)30)11-19(14)20(27)26-9-3-4-15(13-26)12-24-21(28)25-17-6-2-5-16(22)10-17/h2,5-8,10-11,15H,3-4,9,12-13H2,1H3,(H2,23,29,30)(H2,24,25,28). The lowest BCUT2D eigenvalue weighted by Gasteiger charge is -2.33. The van der Waals surface area contributed by atoms with Gasteiger partial charge in [-0.2, -0.15) is 0 Å². The van der Waals surface area contributed by atoms with E-state index in [4.69, 9.17) is 5.14 Å². The molecule has 3 amide bonds. The number of sulfonamides is 1. The molecule has 1 aliphatic rings. The second kappa shape index (κ2) is 9.44. The first-order valence-corrected chi connectivity index (χ1v) is 11.4. The van der Waals surface area contributed by atoms with E-state index in [1.54, 1.807) is 24.0 Å². The van der Waals surface area contributed by atoms with Gasteiger partial charge >= 0.3 is 6.03 Å². The van der Waals surface area contributed by atoms with Crippen molar-refractivity contribution in [3.05, 3.63) is 59.4 Å². The number of anilines is 1. The number of primary sulfonamides is 1. The van der Waals surface area contributed by atoms with Gasteiger partial charge < -0.3 is 15.5 Å². The van der Waals surface area contributed by atoms with Crippen LogP contribution in [-0.4, -0.2) is 44.9 Å². The third-order valence-electron chi connectivity index (χ3n) is 5.21. The number of aryl methyl sites for hydroxylation is 1. The normalized spacial score (nSPS) is 16.6. The van der Waals surface area contributed by atoms with Gasteiger partial charge in [-0.15, -0.1) is 0 Å². The zero-order chi connectivity index (χ0) is 22.6. The highest BCUT2D eigenvalue weighted by Crippen LogP contribution is 2.21. The number of piperidine rings is 1. The maximum atomic E-state index is 13.2. The Hall–Kier alpha value is -2.98. The molecule has 10 heteroatoms. The van der Waals surface area contributed by atoms with Crippen molar-refractivity contribution in [3.8, 4) is 0 Å². The molecule has 3 rings (SSSR count). The Bertz CT molecular complexity index is 1090. The summed E-state index contributed by atoms with van der Waals surface area (Å²) in [5.41, 5.74) is 1.30. The molecule has 166 valence electrons. The van der Waals surface area contributed by atoms with Crippen LogP contribution in [0.3, 0.4) is 0 Å². The molecular formula is C21H25FN4O4S. The van der Waals surface area contributed by atoms with Crippen LogP contribution in [0.25, 0.3) is 0 Å². The number of carbonyl (C=O) groups is 2. The van der Waals surface area contributed by atoms with Crippen LogP contribution in [0.5, 0.6) is 0 Å². The molecule has 1 fully saturated rings. The number of benzene rings is 2. The molecule has 4 N–H and O–H groups in total. The smallest absolute Gasteiger partial charge is 0.319 e. The van der Waals surface area contributed by atoms with Crippen LogP contribution in [-0.2, 0) is 10.0 Å². The summed E-state index contributed by atoms with van der Waals surface area (Å²) in [5, 5.41) is 10.5. The average molecular weight is 449 g/mol. The van der Waals surface area contributed by atoms with Crippen LogP contribution in [0.15, 0.2) is 47.4 Å². The number of hydrogen-bond donors (Lipinski definition) is 3. The van der Waals surface area contributed by atoms with Crippen molar-refractivity contribution in [2.75, 3.05) is 25.0 Å². The minimum atomic E-state index is -3.91. The van der Waals surface area contributed by atoms with Crippen LogP contribution >= 0.6 is 0 Å². The number of nitrogens with one attached hydrogen (secondary N) is 2. The van der Waals surface area contributed by atoms with E-state index in [9.17, 15) is 22.4 Å². The van der Waals surface area contributed by atoms with Gasteiger partial charge in [0, 0.05) is 30.9 Å². The second-order valence-electron chi connectivity index (χ2n) is 7.63. The molecule has 2 aromatic carbocycles. The highest BCUT2D eigenvalue weighted by molar-refractivity contribution is 7.89. The first-order valence-electron chi connectivity index (χ1n) is 9.86. The van der Waals surface area contributed by atoms with Gasteiger partial charge in [0.25, 0.3) is 5.91 Å². The molecule has 0 aliphatic carbocycles. The minimum Gasteiger partial charge on any atom is -0.338 e. The van der Waals surface area contributed by atoms with Gasteiger partial charge in [0.05, 0.1) is 4.90 Å². The van der Waals surface area contributed by atoms with Crippen LogP contribution < -0.4 is 15.8 Å². The Morgan fingerprint density at radius 2 is 2.00 bits per heavy atom. The van der Waals surface area contributed by atoms with Gasteiger partial charge in [-0.25, -0.2) is 22.7 Å². The summed E-state index contributed by atoms with van der Waals surface area (Å²) in [7, 11) is -3.91. The molecule has 0 spiro atoms. The van der Waals surface area contributed by atoms with Crippen molar-refractivity contribution < 1.29 is 22.4 Å². The van der Waals surface area contributed by atoms with Gasteiger partial charge in [-0.3, -0.25) is 4.79 Å². The fourth-order valence-corrected chi connectivity index (χ4v) is 4.11. The summed E-state index contributed by atoms with van der Waals surface area (Å²) in [4.78, 5) is 26.7. The second-order valence-corrected chi connectivity index (χ2v) is 9.19. The van der Waals surface area contributed by atoms with E-state index in [1.807, 2.05) is 0 Å². The highest BCUT2D eigenvalue weighted by Gasteiger charge is 2.26. The highest BCUT2D eigenvalue weighted by atomic mass is 32.2. The molecule has 0 saturated carbocycles. The van der Waals surface area contributed by atoms with Gasteiger partial charge in [-0.05, 0) is 61.6 Å². The Morgan fingerprint density at radius 1 is 1.23 bits per heavy atom. The van der Waals surface area contributed by atoms with Crippen molar-refractivity contribution in [1.29, 1.82) is 0 Å². The molecule has 8 nitrogen and oxygen atoms in total.